The highest BCUT2D eigenvalue weighted by atomic mass is 79.9. The molecule has 1 atom stereocenters. The summed E-state index contributed by atoms with van der Waals surface area (Å²) in [6.07, 6.45) is 1.04. The number of benzene rings is 2. The molecule has 0 aliphatic rings. The van der Waals surface area contributed by atoms with Crippen LogP contribution in [0.1, 0.15) is 26.3 Å². The van der Waals surface area contributed by atoms with Crippen LogP contribution in [-0.2, 0) is 26.2 Å². The SMILES string of the molecule is CC(C)NC(=O)[C@H](C)N(Cc1ccc(Cl)cc1)C(=O)CN(c1ccccc1Br)S(C)(=O)=O. The number of nitrogens with zero attached hydrogens (tertiary/aromatic N) is 2. The minimum absolute atomic E-state index is 0.106. The first kappa shape index (κ1) is 26.2. The Labute approximate surface area is 202 Å². The molecule has 0 spiro atoms. The fraction of sp³-hybridized carbons (Fsp3) is 0.364. The van der Waals surface area contributed by atoms with Crippen LogP contribution in [0.3, 0.4) is 0 Å². The van der Waals surface area contributed by atoms with Gasteiger partial charge in [0.05, 0.1) is 11.9 Å². The van der Waals surface area contributed by atoms with E-state index in [1.165, 1.54) is 4.90 Å². The molecule has 1 N–H and O–H groups in total. The molecule has 2 amide bonds. The van der Waals surface area contributed by atoms with E-state index >= 15 is 0 Å². The molecular formula is C22H27BrClN3O4S. The number of carbonyl (C=O) groups excluding carboxylic acids is 2. The van der Waals surface area contributed by atoms with Gasteiger partial charge < -0.3 is 10.2 Å². The largest absolute Gasteiger partial charge is 0.352 e. The van der Waals surface area contributed by atoms with Gasteiger partial charge in [0, 0.05) is 22.1 Å². The number of hydrogen-bond acceptors (Lipinski definition) is 4. The second-order valence-corrected chi connectivity index (χ2v) is 10.9. The third-order valence-electron chi connectivity index (χ3n) is 4.66. The van der Waals surface area contributed by atoms with Crippen molar-refractivity contribution in [1.82, 2.24) is 10.2 Å². The van der Waals surface area contributed by atoms with Gasteiger partial charge in [-0.2, -0.15) is 0 Å². The molecule has 2 aromatic rings. The van der Waals surface area contributed by atoms with Crippen LogP contribution in [0.25, 0.3) is 0 Å². The minimum atomic E-state index is -3.77. The van der Waals surface area contributed by atoms with Crippen molar-refractivity contribution in [2.75, 3.05) is 17.1 Å². The fourth-order valence-corrected chi connectivity index (χ4v) is 4.63. The Morgan fingerprint density at radius 3 is 2.19 bits per heavy atom. The lowest BCUT2D eigenvalue weighted by atomic mass is 10.1. The molecule has 0 unspecified atom stereocenters. The van der Waals surface area contributed by atoms with Crippen molar-refractivity contribution in [2.45, 2.75) is 39.4 Å². The van der Waals surface area contributed by atoms with E-state index in [0.717, 1.165) is 16.1 Å². The Hall–Kier alpha value is -2.10. The van der Waals surface area contributed by atoms with E-state index in [2.05, 4.69) is 21.2 Å². The molecule has 0 saturated heterocycles. The first-order chi connectivity index (χ1) is 14.9. The van der Waals surface area contributed by atoms with Crippen molar-refractivity contribution in [1.29, 1.82) is 0 Å². The molecule has 0 radical (unpaired) electrons. The molecule has 174 valence electrons. The third-order valence-corrected chi connectivity index (χ3v) is 6.71. The standard InChI is InChI=1S/C22H27BrClN3O4S/c1-15(2)25-22(29)16(3)26(13-17-9-11-18(24)12-10-17)21(28)14-27(32(4,30)31)20-8-6-5-7-19(20)23/h5-12,15-16H,13-14H2,1-4H3,(H,25,29)/t16-/m0/s1. The molecular weight excluding hydrogens is 518 g/mol. The van der Waals surface area contributed by atoms with Gasteiger partial charge in [0.1, 0.15) is 12.6 Å². The average Bonchev–Trinajstić information content (AvgIpc) is 2.70. The Kier molecular flexibility index (Phi) is 9.12. The number of anilines is 1. The van der Waals surface area contributed by atoms with E-state index < -0.39 is 28.5 Å². The van der Waals surface area contributed by atoms with Crippen LogP contribution in [0, 0.1) is 0 Å². The third kappa shape index (κ3) is 7.21. The Morgan fingerprint density at radius 1 is 1.06 bits per heavy atom. The first-order valence-corrected chi connectivity index (χ1v) is 13.0. The summed E-state index contributed by atoms with van der Waals surface area (Å²) in [5.41, 5.74) is 1.10. The Balaban J connectivity index is 2.39. The molecule has 0 aliphatic heterocycles. The molecule has 0 aromatic heterocycles. The van der Waals surface area contributed by atoms with Crippen molar-refractivity contribution >= 4 is 55.1 Å². The van der Waals surface area contributed by atoms with Crippen LogP contribution in [-0.4, -0.2) is 50.0 Å². The first-order valence-electron chi connectivity index (χ1n) is 9.96. The molecule has 0 aliphatic carbocycles. The van der Waals surface area contributed by atoms with Gasteiger partial charge in [-0.25, -0.2) is 8.42 Å². The molecule has 0 bridgehead atoms. The summed E-state index contributed by atoms with van der Waals surface area (Å²) in [5.74, 6) is -0.832. The van der Waals surface area contributed by atoms with Gasteiger partial charge in [-0.3, -0.25) is 13.9 Å². The van der Waals surface area contributed by atoms with Crippen molar-refractivity contribution in [3.05, 3.63) is 63.6 Å². The molecule has 10 heteroatoms. The second kappa shape index (κ2) is 11.2. The van der Waals surface area contributed by atoms with Crippen molar-refractivity contribution in [3.63, 3.8) is 0 Å². The number of halogens is 2. The van der Waals surface area contributed by atoms with Gasteiger partial charge in [-0.05, 0) is 66.5 Å². The van der Waals surface area contributed by atoms with Crippen LogP contribution in [0.4, 0.5) is 5.69 Å². The maximum absolute atomic E-state index is 13.4. The van der Waals surface area contributed by atoms with Crippen molar-refractivity contribution < 1.29 is 18.0 Å². The molecule has 32 heavy (non-hydrogen) atoms. The summed E-state index contributed by atoms with van der Waals surface area (Å²) >= 11 is 9.31. The molecule has 2 rings (SSSR count). The molecule has 2 aromatic carbocycles. The van der Waals surface area contributed by atoms with E-state index in [9.17, 15) is 18.0 Å². The maximum Gasteiger partial charge on any atom is 0.244 e. The van der Waals surface area contributed by atoms with E-state index in [4.69, 9.17) is 11.6 Å². The predicted molar refractivity (Wildman–Crippen MR) is 131 cm³/mol. The lowest BCUT2D eigenvalue weighted by Gasteiger charge is -2.32. The zero-order valence-electron chi connectivity index (χ0n) is 18.4. The summed E-state index contributed by atoms with van der Waals surface area (Å²) in [6, 6.07) is 12.7. The summed E-state index contributed by atoms with van der Waals surface area (Å²) in [4.78, 5) is 27.4. The number of para-hydroxylation sites is 1. The molecule has 7 nitrogen and oxygen atoms in total. The van der Waals surface area contributed by atoms with Crippen molar-refractivity contribution in [2.24, 2.45) is 0 Å². The summed E-state index contributed by atoms with van der Waals surface area (Å²) < 4.78 is 26.6. The van der Waals surface area contributed by atoms with Gasteiger partial charge in [0.15, 0.2) is 0 Å². The van der Waals surface area contributed by atoms with Crippen LogP contribution in [0.5, 0.6) is 0 Å². The van der Waals surface area contributed by atoms with Gasteiger partial charge in [-0.1, -0.05) is 35.9 Å². The molecule has 0 fully saturated rings. The smallest absolute Gasteiger partial charge is 0.244 e. The monoisotopic (exact) mass is 543 g/mol. The molecule has 0 heterocycles. The average molecular weight is 545 g/mol. The van der Waals surface area contributed by atoms with Crippen molar-refractivity contribution in [3.8, 4) is 0 Å². The van der Waals surface area contributed by atoms with Gasteiger partial charge in [0.25, 0.3) is 0 Å². The van der Waals surface area contributed by atoms with E-state index in [1.54, 1.807) is 55.5 Å². The lowest BCUT2D eigenvalue weighted by Crippen LogP contribution is -2.52. The van der Waals surface area contributed by atoms with Gasteiger partial charge in [0.2, 0.25) is 21.8 Å². The minimum Gasteiger partial charge on any atom is -0.352 e. The Morgan fingerprint density at radius 2 is 1.66 bits per heavy atom. The van der Waals surface area contributed by atoms with Gasteiger partial charge >= 0.3 is 0 Å². The summed E-state index contributed by atoms with van der Waals surface area (Å²) in [5, 5.41) is 3.35. The number of nitrogens with one attached hydrogen (secondary N) is 1. The predicted octanol–water partition coefficient (Wildman–Crippen LogP) is 3.81. The van der Waals surface area contributed by atoms with Gasteiger partial charge in [-0.15, -0.1) is 0 Å². The highest BCUT2D eigenvalue weighted by Gasteiger charge is 2.30. The van der Waals surface area contributed by atoms with Crippen LogP contribution < -0.4 is 9.62 Å². The van der Waals surface area contributed by atoms with Crippen LogP contribution in [0.2, 0.25) is 5.02 Å². The van der Waals surface area contributed by atoms with E-state index in [0.29, 0.717) is 15.2 Å². The topological polar surface area (TPSA) is 86.8 Å². The highest BCUT2D eigenvalue weighted by Crippen LogP contribution is 2.28. The number of sulfonamides is 1. The number of rotatable bonds is 9. The number of amides is 2. The molecule has 0 saturated carbocycles. The lowest BCUT2D eigenvalue weighted by molar-refractivity contribution is -0.139. The number of hydrogen-bond donors (Lipinski definition) is 1. The zero-order valence-corrected chi connectivity index (χ0v) is 21.5. The van der Waals surface area contributed by atoms with Crippen LogP contribution in [0.15, 0.2) is 53.0 Å². The quantitative estimate of drug-likeness (QED) is 0.520. The number of carbonyl (C=O) groups is 2. The highest BCUT2D eigenvalue weighted by molar-refractivity contribution is 9.10. The fourth-order valence-electron chi connectivity index (χ4n) is 3.02. The normalized spacial score (nSPS) is 12.3. The summed E-state index contributed by atoms with van der Waals surface area (Å²) in [7, 11) is -3.77. The summed E-state index contributed by atoms with van der Waals surface area (Å²) in [6.45, 7) is 4.95. The van der Waals surface area contributed by atoms with Crippen LogP contribution >= 0.6 is 27.5 Å². The Bertz CT molecular complexity index is 1060. The maximum atomic E-state index is 13.4. The van der Waals surface area contributed by atoms with E-state index in [-0.39, 0.29) is 18.5 Å². The second-order valence-electron chi connectivity index (χ2n) is 7.71. The van der Waals surface area contributed by atoms with E-state index in [1.807, 2.05) is 13.8 Å². The zero-order chi connectivity index (χ0) is 24.1.